The fraction of sp³-hybridized carbons (Fsp3) is 0.294. The molecule has 0 aromatic heterocycles. The lowest BCUT2D eigenvalue weighted by Gasteiger charge is -2.21. The summed E-state index contributed by atoms with van der Waals surface area (Å²) in [4.78, 5) is 10.9. The zero-order chi connectivity index (χ0) is 15.7. The molecule has 0 saturated carbocycles. The van der Waals surface area contributed by atoms with Gasteiger partial charge in [-0.05, 0) is 42.9 Å². The molecule has 1 aliphatic carbocycles. The Balaban J connectivity index is 2.28. The molecule has 4 nitrogen and oxygen atoms in total. The van der Waals surface area contributed by atoms with Crippen LogP contribution in [0, 0.1) is 10.1 Å². The largest absolute Gasteiger partial charge is 0.496 e. The Morgan fingerprint density at radius 1 is 1.18 bits per heavy atom. The third-order valence-electron chi connectivity index (χ3n) is 4.14. The van der Waals surface area contributed by atoms with Crippen molar-refractivity contribution >= 4 is 17.3 Å². The predicted molar refractivity (Wildman–Crippen MR) is 86.7 cm³/mol. The van der Waals surface area contributed by atoms with Gasteiger partial charge in [0.15, 0.2) is 0 Å². The summed E-state index contributed by atoms with van der Waals surface area (Å²) >= 11 is 6.26. The number of aryl methyl sites for hydroxylation is 1. The van der Waals surface area contributed by atoms with E-state index in [-0.39, 0.29) is 5.69 Å². The van der Waals surface area contributed by atoms with E-state index >= 15 is 0 Å². The van der Waals surface area contributed by atoms with Gasteiger partial charge in [0.25, 0.3) is 5.69 Å². The van der Waals surface area contributed by atoms with Crippen molar-refractivity contribution < 1.29 is 9.66 Å². The van der Waals surface area contributed by atoms with Crippen LogP contribution in [-0.4, -0.2) is 12.0 Å². The van der Waals surface area contributed by atoms with Crippen LogP contribution in [0.1, 0.15) is 24.0 Å². The highest BCUT2D eigenvalue weighted by Gasteiger charge is 2.24. The molecule has 0 N–H and O–H groups in total. The Morgan fingerprint density at radius 3 is 2.68 bits per heavy atom. The average molecular weight is 318 g/mol. The van der Waals surface area contributed by atoms with Gasteiger partial charge in [0.2, 0.25) is 0 Å². The van der Waals surface area contributed by atoms with E-state index in [4.69, 9.17) is 16.3 Å². The smallest absolute Gasteiger partial charge is 0.278 e. The van der Waals surface area contributed by atoms with E-state index in [9.17, 15) is 10.1 Å². The Kier molecular flexibility index (Phi) is 4.03. The number of methoxy groups -OCH3 is 1. The molecule has 1 aliphatic rings. The first kappa shape index (κ1) is 14.9. The van der Waals surface area contributed by atoms with E-state index in [0.717, 1.165) is 24.8 Å². The molecule has 2 aromatic carbocycles. The molecule has 0 amide bonds. The van der Waals surface area contributed by atoms with Crippen molar-refractivity contribution in [2.45, 2.75) is 25.7 Å². The van der Waals surface area contributed by atoms with Gasteiger partial charge in [-0.3, -0.25) is 10.1 Å². The number of halogens is 1. The first-order chi connectivity index (χ1) is 10.6. The Morgan fingerprint density at radius 2 is 1.95 bits per heavy atom. The first-order valence-electron chi connectivity index (χ1n) is 7.25. The lowest BCUT2D eigenvalue weighted by Crippen LogP contribution is -2.06. The lowest BCUT2D eigenvalue weighted by molar-refractivity contribution is -0.384. The van der Waals surface area contributed by atoms with Gasteiger partial charge >= 0.3 is 0 Å². The highest BCUT2D eigenvalue weighted by atomic mass is 35.5. The number of ether oxygens (including phenoxy) is 1. The molecule has 22 heavy (non-hydrogen) atoms. The van der Waals surface area contributed by atoms with Crippen LogP contribution in [0.2, 0.25) is 5.02 Å². The molecular weight excluding hydrogens is 302 g/mol. The van der Waals surface area contributed by atoms with Crippen molar-refractivity contribution in [3.63, 3.8) is 0 Å². The Hall–Kier alpha value is -2.07. The van der Waals surface area contributed by atoms with E-state index in [1.807, 2.05) is 12.1 Å². The summed E-state index contributed by atoms with van der Waals surface area (Å²) in [5, 5.41) is 11.7. The second-order valence-corrected chi connectivity index (χ2v) is 5.79. The molecule has 0 unspecified atom stereocenters. The summed E-state index contributed by atoms with van der Waals surface area (Å²) in [6, 6.07) is 8.66. The maximum atomic E-state index is 11.3. The van der Waals surface area contributed by atoms with Crippen LogP contribution in [0.5, 0.6) is 5.75 Å². The van der Waals surface area contributed by atoms with Gasteiger partial charge in [0.1, 0.15) is 5.75 Å². The van der Waals surface area contributed by atoms with Crippen LogP contribution in [-0.2, 0) is 12.8 Å². The van der Waals surface area contributed by atoms with Crippen molar-refractivity contribution in [2.75, 3.05) is 7.11 Å². The standard InChI is InChI=1S/C17H16ClNO3/c1-22-17-12-6-3-2-5-11(12)9-10-13(17)16-14(18)7-4-8-15(16)19(20)21/h4,7-10H,2-3,5-6H2,1H3. The van der Waals surface area contributed by atoms with Crippen LogP contribution in [0.25, 0.3) is 11.1 Å². The lowest BCUT2D eigenvalue weighted by atomic mass is 9.87. The topological polar surface area (TPSA) is 52.4 Å². The molecule has 0 spiro atoms. The number of hydrogen-bond acceptors (Lipinski definition) is 3. The van der Waals surface area contributed by atoms with Gasteiger partial charge in [-0.25, -0.2) is 0 Å². The summed E-state index contributed by atoms with van der Waals surface area (Å²) in [5.74, 6) is 0.716. The number of nitro groups is 1. The monoisotopic (exact) mass is 317 g/mol. The molecule has 5 heteroatoms. The summed E-state index contributed by atoms with van der Waals surface area (Å²) in [5.41, 5.74) is 3.54. The zero-order valence-electron chi connectivity index (χ0n) is 12.3. The fourth-order valence-corrected chi connectivity index (χ4v) is 3.43. The fourth-order valence-electron chi connectivity index (χ4n) is 3.16. The van der Waals surface area contributed by atoms with Gasteiger partial charge < -0.3 is 4.74 Å². The number of benzene rings is 2. The highest BCUT2D eigenvalue weighted by Crippen LogP contribution is 2.44. The molecule has 2 aromatic rings. The normalized spacial score (nSPS) is 13.5. The molecule has 0 aliphatic heterocycles. The molecule has 0 atom stereocenters. The van der Waals surface area contributed by atoms with Crippen molar-refractivity contribution in [2.24, 2.45) is 0 Å². The third kappa shape index (κ3) is 2.44. The predicted octanol–water partition coefficient (Wildman–Crippen LogP) is 4.80. The number of hydrogen-bond donors (Lipinski definition) is 0. The van der Waals surface area contributed by atoms with Crippen molar-refractivity contribution in [3.05, 3.63) is 56.6 Å². The average Bonchev–Trinajstić information content (AvgIpc) is 2.53. The summed E-state index contributed by atoms with van der Waals surface area (Å²) in [7, 11) is 1.61. The Bertz CT molecular complexity index is 743. The van der Waals surface area contributed by atoms with Crippen molar-refractivity contribution in [3.8, 4) is 16.9 Å². The highest BCUT2D eigenvalue weighted by molar-refractivity contribution is 6.34. The first-order valence-corrected chi connectivity index (χ1v) is 7.63. The molecular formula is C17H16ClNO3. The van der Waals surface area contributed by atoms with Gasteiger partial charge in [0.05, 0.1) is 22.6 Å². The van der Waals surface area contributed by atoms with E-state index in [1.54, 1.807) is 19.2 Å². The molecule has 0 saturated heterocycles. The minimum Gasteiger partial charge on any atom is -0.496 e. The van der Waals surface area contributed by atoms with Crippen molar-refractivity contribution in [1.29, 1.82) is 0 Å². The molecule has 0 fully saturated rings. The van der Waals surface area contributed by atoms with E-state index < -0.39 is 4.92 Å². The number of fused-ring (bicyclic) bond motifs is 1. The van der Waals surface area contributed by atoms with Crippen molar-refractivity contribution in [1.82, 2.24) is 0 Å². The second-order valence-electron chi connectivity index (χ2n) is 5.38. The molecule has 0 radical (unpaired) electrons. The van der Waals surface area contributed by atoms with E-state index in [0.29, 0.717) is 21.9 Å². The van der Waals surface area contributed by atoms with Gasteiger partial charge in [-0.15, -0.1) is 0 Å². The number of rotatable bonds is 3. The summed E-state index contributed by atoms with van der Waals surface area (Å²) < 4.78 is 5.61. The zero-order valence-corrected chi connectivity index (χ0v) is 13.0. The Labute approximate surface area is 133 Å². The number of nitrogens with zero attached hydrogens (tertiary/aromatic N) is 1. The minimum absolute atomic E-state index is 0.00144. The van der Waals surface area contributed by atoms with E-state index in [2.05, 4.69) is 0 Å². The SMILES string of the molecule is COc1c(-c2c(Cl)cccc2[N+](=O)[O-])ccc2c1CCCC2. The molecule has 0 heterocycles. The van der Waals surface area contributed by atoms with Crippen LogP contribution >= 0.6 is 11.6 Å². The van der Waals surface area contributed by atoms with E-state index in [1.165, 1.54) is 18.1 Å². The van der Waals surface area contributed by atoms with Gasteiger partial charge in [0, 0.05) is 11.6 Å². The molecule has 114 valence electrons. The summed E-state index contributed by atoms with van der Waals surface area (Å²) in [6.45, 7) is 0. The second kappa shape index (κ2) is 5.97. The maximum Gasteiger partial charge on any atom is 0.278 e. The van der Waals surface area contributed by atoms with Crippen LogP contribution in [0.4, 0.5) is 5.69 Å². The van der Waals surface area contributed by atoms with Gasteiger partial charge in [-0.1, -0.05) is 29.8 Å². The maximum absolute atomic E-state index is 11.3. The van der Waals surface area contributed by atoms with Crippen LogP contribution in [0.15, 0.2) is 30.3 Å². The quantitative estimate of drug-likeness (QED) is 0.603. The molecule has 3 rings (SSSR count). The summed E-state index contributed by atoms with van der Waals surface area (Å²) in [6.07, 6.45) is 4.24. The van der Waals surface area contributed by atoms with Crippen LogP contribution in [0.3, 0.4) is 0 Å². The minimum atomic E-state index is -0.403. The molecule has 0 bridgehead atoms. The number of nitro benzene ring substituents is 1. The van der Waals surface area contributed by atoms with Crippen LogP contribution < -0.4 is 4.74 Å². The third-order valence-corrected chi connectivity index (χ3v) is 4.46. The van der Waals surface area contributed by atoms with Gasteiger partial charge in [-0.2, -0.15) is 0 Å².